The van der Waals surface area contributed by atoms with Gasteiger partial charge in [0.1, 0.15) is 12.4 Å². The van der Waals surface area contributed by atoms with Crippen molar-refractivity contribution < 1.29 is 4.74 Å². The number of ether oxygens (including phenoxy) is 1. The number of likely N-dealkylation sites (N-methyl/N-ethyl adjacent to an activating group) is 2. The van der Waals surface area contributed by atoms with Crippen LogP contribution in [0.2, 0.25) is 5.02 Å². The molecule has 1 aromatic rings. The maximum Gasteiger partial charge on any atom is 0.137 e. The third kappa shape index (κ3) is 2.79. The molecule has 1 aromatic carbocycles. The summed E-state index contributed by atoms with van der Waals surface area (Å²) in [4.78, 5) is 2.39. The zero-order valence-corrected chi connectivity index (χ0v) is 11.8. The van der Waals surface area contributed by atoms with Crippen LogP contribution in [-0.2, 0) is 0 Å². The molecule has 3 nitrogen and oxygen atoms in total. The minimum atomic E-state index is 0.0912. The summed E-state index contributed by atoms with van der Waals surface area (Å²) in [5, 5.41) is 3.96. The van der Waals surface area contributed by atoms with Crippen LogP contribution in [0.25, 0.3) is 0 Å². The van der Waals surface area contributed by atoms with E-state index in [2.05, 4.69) is 17.3 Å². The molecule has 0 radical (unpaired) electrons. The lowest BCUT2D eigenvalue weighted by atomic mass is 9.97. The molecule has 1 atom stereocenters. The Kier molecular flexibility index (Phi) is 4.49. The maximum absolute atomic E-state index is 6.11. The molecule has 2 rings (SSSR count). The van der Waals surface area contributed by atoms with Gasteiger partial charge in [0.05, 0.1) is 10.6 Å². The molecule has 0 aliphatic carbocycles. The summed E-state index contributed by atoms with van der Waals surface area (Å²) in [6.07, 6.45) is 2.39. The summed E-state index contributed by atoms with van der Waals surface area (Å²) in [7, 11) is 4.16. The van der Waals surface area contributed by atoms with Crippen LogP contribution in [0.3, 0.4) is 0 Å². The lowest BCUT2D eigenvalue weighted by Crippen LogP contribution is -2.52. The number of rotatable bonds is 5. The van der Waals surface area contributed by atoms with Gasteiger partial charge in [-0.1, -0.05) is 23.7 Å². The van der Waals surface area contributed by atoms with Crippen molar-refractivity contribution in [2.45, 2.75) is 18.4 Å². The second-order valence-electron chi connectivity index (χ2n) is 5.00. The molecule has 0 saturated carbocycles. The molecule has 1 N–H and O–H groups in total. The van der Waals surface area contributed by atoms with Crippen LogP contribution in [0.15, 0.2) is 24.3 Å². The van der Waals surface area contributed by atoms with Crippen molar-refractivity contribution in [3.05, 3.63) is 29.3 Å². The normalized spacial score (nSPS) is 24.4. The van der Waals surface area contributed by atoms with Gasteiger partial charge < -0.3 is 10.1 Å². The van der Waals surface area contributed by atoms with Crippen LogP contribution in [-0.4, -0.2) is 44.2 Å². The van der Waals surface area contributed by atoms with E-state index in [0.29, 0.717) is 11.6 Å². The van der Waals surface area contributed by atoms with Crippen LogP contribution >= 0.6 is 11.6 Å². The summed E-state index contributed by atoms with van der Waals surface area (Å²) in [6, 6.07) is 7.65. The van der Waals surface area contributed by atoms with Crippen LogP contribution in [0.5, 0.6) is 5.75 Å². The predicted molar refractivity (Wildman–Crippen MR) is 75.5 cm³/mol. The van der Waals surface area contributed by atoms with E-state index in [9.17, 15) is 0 Å². The molecule has 1 saturated heterocycles. The van der Waals surface area contributed by atoms with Crippen LogP contribution in [0.4, 0.5) is 0 Å². The average molecular weight is 269 g/mol. The number of hydrogen-bond donors (Lipinski definition) is 1. The first-order valence-electron chi connectivity index (χ1n) is 6.41. The Bertz CT molecular complexity index is 399. The number of nitrogens with one attached hydrogen (secondary N) is 1. The highest BCUT2D eigenvalue weighted by molar-refractivity contribution is 6.32. The Morgan fingerprint density at radius 1 is 1.44 bits per heavy atom. The minimum Gasteiger partial charge on any atom is -0.490 e. The Balaban J connectivity index is 2.05. The van der Waals surface area contributed by atoms with E-state index in [-0.39, 0.29) is 5.54 Å². The molecule has 18 heavy (non-hydrogen) atoms. The van der Waals surface area contributed by atoms with E-state index < -0.39 is 0 Å². The van der Waals surface area contributed by atoms with E-state index in [1.807, 2.05) is 31.3 Å². The minimum absolute atomic E-state index is 0.0912. The fourth-order valence-electron chi connectivity index (χ4n) is 2.63. The van der Waals surface area contributed by atoms with Crippen molar-refractivity contribution in [1.29, 1.82) is 0 Å². The maximum atomic E-state index is 6.11. The van der Waals surface area contributed by atoms with Gasteiger partial charge in [-0.05, 0) is 45.6 Å². The zero-order valence-electron chi connectivity index (χ0n) is 11.1. The number of hydrogen-bond acceptors (Lipinski definition) is 3. The fourth-order valence-corrected chi connectivity index (χ4v) is 2.82. The quantitative estimate of drug-likeness (QED) is 0.888. The second-order valence-corrected chi connectivity index (χ2v) is 5.41. The number of benzene rings is 1. The van der Waals surface area contributed by atoms with Crippen LogP contribution in [0.1, 0.15) is 12.8 Å². The average Bonchev–Trinajstić information content (AvgIpc) is 2.71. The molecule has 1 fully saturated rings. The summed E-state index contributed by atoms with van der Waals surface area (Å²) < 4.78 is 5.93. The van der Waals surface area contributed by atoms with Gasteiger partial charge in [-0.15, -0.1) is 0 Å². The van der Waals surface area contributed by atoms with Gasteiger partial charge in [0, 0.05) is 6.54 Å². The highest BCUT2D eigenvalue weighted by Gasteiger charge is 2.39. The van der Waals surface area contributed by atoms with Crippen LogP contribution < -0.4 is 10.1 Å². The zero-order chi connectivity index (χ0) is 13.0. The molecule has 1 aliphatic rings. The van der Waals surface area contributed by atoms with Gasteiger partial charge >= 0.3 is 0 Å². The summed E-state index contributed by atoms with van der Waals surface area (Å²) in [6.45, 7) is 2.75. The van der Waals surface area contributed by atoms with E-state index in [0.717, 1.165) is 25.3 Å². The number of nitrogens with zero attached hydrogens (tertiary/aromatic N) is 1. The largest absolute Gasteiger partial charge is 0.490 e. The molecular formula is C14H21ClN2O. The van der Waals surface area contributed by atoms with Crippen molar-refractivity contribution >= 4 is 11.6 Å². The molecule has 0 aromatic heterocycles. The highest BCUT2D eigenvalue weighted by atomic mass is 35.5. The molecule has 1 heterocycles. The van der Waals surface area contributed by atoms with E-state index in [1.165, 1.54) is 6.42 Å². The molecule has 0 amide bonds. The van der Waals surface area contributed by atoms with Gasteiger partial charge in [-0.2, -0.15) is 0 Å². The van der Waals surface area contributed by atoms with Gasteiger partial charge in [-0.25, -0.2) is 0 Å². The SMILES string of the molecule is CNCC1(COc2ccccc2Cl)CCCN1C. The smallest absolute Gasteiger partial charge is 0.137 e. The second kappa shape index (κ2) is 5.91. The monoisotopic (exact) mass is 268 g/mol. The van der Waals surface area contributed by atoms with Crippen molar-refractivity contribution in [2.75, 3.05) is 33.8 Å². The standard InChI is InChI=1S/C14H21ClN2O/c1-16-10-14(8-5-9-17(14)2)11-18-13-7-4-3-6-12(13)15/h3-4,6-7,16H,5,8-11H2,1-2H3. The first-order chi connectivity index (χ1) is 8.68. The molecular weight excluding hydrogens is 248 g/mol. The first kappa shape index (κ1) is 13.7. The third-order valence-corrected chi connectivity index (χ3v) is 4.10. The van der Waals surface area contributed by atoms with Crippen molar-refractivity contribution in [3.8, 4) is 5.75 Å². The summed E-state index contributed by atoms with van der Waals surface area (Å²) >= 11 is 6.11. The molecule has 1 unspecified atom stereocenters. The third-order valence-electron chi connectivity index (χ3n) is 3.78. The number of para-hydroxylation sites is 1. The van der Waals surface area contributed by atoms with Crippen LogP contribution in [0, 0.1) is 0 Å². The van der Waals surface area contributed by atoms with Crippen molar-refractivity contribution in [1.82, 2.24) is 10.2 Å². The lowest BCUT2D eigenvalue weighted by Gasteiger charge is -2.36. The van der Waals surface area contributed by atoms with Gasteiger partial charge in [0.2, 0.25) is 0 Å². The fraction of sp³-hybridized carbons (Fsp3) is 0.571. The Morgan fingerprint density at radius 3 is 2.83 bits per heavy atom. The van der Waals surface area contributed by atoms with Gasteiger partial charge in [0.25, 0.3) is 0 Å². The number of halogens is 1. The molecule has 0 spiro atoms. The molecule has 100 valence electrons. The highest BCUT2D eigenvalue weighted by Crippen LogP contribution is 2.30. The summed E-state index contributed by atoms with van der Waals surface area (Å²) in [5.74, 6) is 0.773. The lowest BCUT2D eigenvalue weighted by molar-refractivity contribution is 0.0977. The summed E-state index contributed by atoms with van der Waals surface area (Å²) in [5.41, 5.74) is 0.0912. The molecule has 0 bridgehead atoms. The predicted octanol–water partition coefficient (Wildman–Crippen LogP) is 2.40. The Labute approximate surface area is 114 Å². The number of likely N-dealkylation sites (tertiary alicyclic amines) is 1. The van der Waals surface area contributed by atoms with Crippen molar-refractivity contribution in [2.24, 2.45) is 0 Å². The van der Waals surface area contributed by atoms with Crippen molar-refractivity contribution in [3.63, 3.8) is 0 Å². The van der Waals surface area contributed by atoms with E-state index in [4.69, 9.17) is 16.3 Å². The topological polar surface area (TPSA) is 24.5 Å². The Morgan fingerprint density at radius 2 is 2.22 bits per heavy atom. The Hall–Kier alpha value is -0.770. The van der Waals surface area contributed by atoms with E-state index >= 15 is 0 Å². The first-order valence-corrected chi connectivity index (χ1v) is 6.79. The van der Waals surface area contributed by atoms with Gasteiger partial charge in [-0.3, -0.25) is 4.90 Å². The molecule has 4 heteroatoms. The van der Waals surface area contributed by atoms with Gasteiger partial charge in [0.15, 0.2) is 0 Å². The molecule has 1 aliphatic heterocycles. The van der Waals surface area contributed by atoms with E-state index in [1.54, 1.807) is 0 Å².